The molecular weight excluding hydrogens is 150 g/mol. The summed E-state index contributed by atoms with van der Waals surface area (Å²) < 4.78 is 4.88. The van der Waals surface area contributed by atoms with Gasteiger partial charge in [-0.05, 0) is 6.42 Å². The van der Waals surface area contributed by atoms with Crippen LogP contribution in [0.4, 0.5) is 0 Å². The van der Waals surface area contributed by atoms with Gasteiger partial charge >= 0.3 is 5.97 Å². The Labute approximate surface area is 63.8 Å². The largest absolute Gasteiger partial charge is 0.479 e. The molecule has 5 nitrogen and oxygen atoms in total. The normalized spacial score (nSPS) is 33.6. The summed E-state index contributed by atoms with van der Waals surface area (Å²) in [4.78, 5) is 10.3. The molecule has 64 valence electrons. The van der Waals surface area contributed by atoms with Crippen LogP contribution in [-0.4, -0.2) is 41.0 Å². The lowest BCUT2D eigenvalue weighted by Crippen LogP contribution is -2.55. The number of carboxylic acid groups (broad SMARTS) is 1. The number of nitrogens with two attached hydrogens (primary N) is 1. The second-order valence-corrected chi connectivity index (χ2v) is 2.78. The van der Waals surface area contributed by atoms with Gasteiger partial charge in [-0.25, -0.2) is 4.79 Å². The van der Waals surface area contributed by atoms with Crippen LogP contribution in [0.5, 0.6) is 0 Å². The van der Waals surface area contributed by atoms with E-state index in [1.165, 1.54) is 0 Å². The summed E-state index contributed by atoms with van der Waals surface area (Å²) in [5.41, 5.74) is 4.46. The number of ether oxygens (including phenoxy) is 1. The highest BCUT2D eigenvalue weighted by molar-refractivity contribution is 5.74. The van der Waals surface area contributed by atoms with Gasteiger partial charge in [0.1, 0.15) is 0 Å². The molecule has 2 atom stereocenters. The van der Waals surface area contributed by atoms with Crippen molar-refractivity contribution in [3.63, 3.8) is 0 Å². The molecule has 5 heteroatoms. The van der Waals surface area contributed by atoms with Crippen molar-refractivity contribution >= 4 is 5.97 Å². The number of hydrogen-bond acceptors (Lipinski definition) is 4. The fourth-order valence-corrected chi connectivity index (χ4v) is 1.06. The SMILES string of the molecule is NC1(C(O)C(=O)O)CCOC1. The van der Waals surface area contributed by atoms with Crippen molar-refractivity contribution < 1.29 is 19.7 Å². The van der Waals surface area contributed by atoms with Gasteiger partial charge in [0.15, 0.2) is 6.10 Å². The predicted octanol–water partition coefficient (Wildman–Crippen LogP) is -1.45. The molecule has 2 unspecified atom stereocenters. The van der Waals surface area contributed by atoms with E-state index in [1.54, 1.807) is 0 Å². The topological polar surface area (TPSA) is 92.8 Å². The minimum absolute atomic E-state index is 0.112. The molecule has 0 bridgehead atoms. The van der Waals surface area contributed by atoms with Crippen molar-refractivity contribution in [2.24, 2.45) is 5.73 Å². The average Bonchev–Trinajstić information content (AvgIpc) is 2.35. The minimum atomic E-state index is -1.52. The van der Waals surface area contributed by atoms with E-state index in [2.05, 4.69) is 0 Å². The van der Waals surface area contributed by atoms with Crippen LogP contribution in [0.15, 0.2) is 0 Å². The van der Waals surface area contributed by atoms with Crippen LogP contribution in [0, 0.1) is 0 Å². The first-order valence-electron chi connectivity index (χ1n) is 3.34. The van der Waals surface area contributed by atoms with Crippen LogP contribution in [0.1, 0.15) is 6.42 Å². The zero-order chi connectivity index (χ0) is 8.48. The molecule has 1 aliphatic rings. The Morgan fingerprint density at radius 2 is 2.36 bits per heavy atom. The van der Waals surface area contributed by atoms with Crippen molar-refractivity contribution in [2.75, 3.05) is 13.2 Å². The second-order valence-electron chi connectivity index (χ2n) is 2.78. The van der Waals surface area contributed by atoms with Gasteiger partial charge in [-0.1, -0.05) is 0 Å². The third-order valence-corrected chi connectivity index (χ3v) is 1.86. The Hall–Kier alpha value is -0.650. The number of aliphatic hydroxyl groups is 1. The molecule has 0 aromatic rings. The van der Waals surface area contributed by atoms with Crippen molar-refractivity contribution in [2.45, 2.75) is 18.1 Å². The fourth-order valence-electron chi connectivity index (χ4n) is 1.06. The fraction of sp³-hybridized carbons (Fsp3) is 0.833. The van der Waals surface area contributed by atoms with Gasteiger partial charge in [-0.15, -0.1) is 0 Å². The highest BCUT2D eigenvalue weighted by Crippen LogP contribution is 2.19. The van der Waals surface area contributed by atoms with Gasteiger partial charge in [0.25, 0.3) is 0 Å². The lowest BCUT2D eigenvalue weighted by Gasteiger charge is -2.24. The summed E-state index contributed by atoms with van der Waals surface area (Å²) in [7, 11) is 0. The first-order valence-corrected chi connectivity index (χ1v) is 3.34. The highest BCUT2D eigenvalue weighted by Gasteiger charge is 2.41. The molecule has 1 rings (SSSR count). The molecule has 1 fully saturated rings. The van der Waals surface area contributed by atoms with Crippen LogP contribution in [-0.2, 0) is 9.53 Å². The minimum Gasteiger partial charge on any atom is -0.479 e. The number of aliphatic hydroxyl groups excluding tert-OH is 1. The third kappa shape index (κ3) is 1.50. The summed E-state index contributed by atoms with van der Waals surface area (Å²) in [6.45, 7) is 0.529. The average molecular weight is 161 g/mol. The Bertz CT molecular complexity index is 164. The first-order chi connectivity index (χ1) is 5.06. The zero-order valence-electron chi connectivity index (χ0n) is 5.99. The lowest BCUT2D eigenvalue weighted by atomic mass is 9.93. The molecule has 0 aromatic heterocycles. The van der Waals surface area contributed by atoms with Crippen LogP contribution in [0.3, 0.4) is 0 Å². The molecule has 0 amide bonds. The maximum absolute atomic E-state index is 10.3. The van der Waals surface area contributed by atoms with E-state index in [4.69, 9.17) is 20.7 Å². The van der Waals surface area contributed by atoms with E-state index in [0.29, 0.717) is 13.0 Å². The summed E-state index contributed by atoms with van der Waals surface area (Å²) in [6, 6.07) is 0. The molecular formula is C6H11NO4. The first kappa shape index (κ1) is 8.45. The number of hydrogen-bond donors (Lipinski definition) is 3. The zero-order valence-corrected chi connectivity index (χ0v) is 5.99. The van der Waals surface area contributed by atoms with E-state index >= 15 is 0 Å². The summed E-state index contributed by atoms with van der Waals surface area (Å²) in [5, 5.41) is 17.5. The number of aliphatic carboxylic acids is 1. The van der Waals surface area contributed by atoms with Gasteiger partial charge in [-0.2, -0.15) is 0 Å². The van der Waals surface area contributed by atoms with Gasteiger partial charge in [0.2, 0.25) is 0 Å². The Morgan fingerprint density at radius 1 is 1.73 bits per heavy atom. The predicted molar refractivity (Wildman–Crippen MR) is 36.0 cm³/mol. The molecule has 11 heavy (non-hydrogen) atoms. The maximum Gasteiger partial charge on any atom is 0.334 e. The van der Waals surface area contributed by atoms with E-state index in [1.807, 2.05) is 0 Å². The van der Waals surface area contributed by atoms with Crippen molar-refractivity contribution in [3.05, 3.63) is 0 Å². The second kappa shape index (κ2) is 2.77. The van der Waals surface area contributed by atoms with E-state index in [0.717, 1.165) is 0 Å². The molecule has 1 aliphatic heterocycles. The van der Waals surface area contributed by atoms with Crippen molar-refractivity contribution in [1.82, 2.24) is 0 Å². The Morgan fingerprint density at radius 3 is 2.73 bits per heavy atom. The molecule has 0 saturated carbocycles. The number of rotatable bonds is 2. The number of carbonyl (C=O) groups is 1. The summed E-state index contributed by atoms with van der Waals surface area (Å²) >= 11 is 0. The third-order valence-electron chi connectivity index (χ3n) is 1.86. The molecule has 0 aliphatic carbocycles. The van der Waals surface area contributed by atoms with E-state index in [9.17, 15) is 4.79 Å². The van der Waals surface area contributed by atoms with Gasteiger partial charge in [0.05, 0.1) is 12.1 Å². The molecule has 0 radical (unpaired) electrons. The molecule has 1 saturated heterocycles. The summed E-state index contributed by atoms with van der Waals surface area (Å²) in [6.07, 6.45) is -1.13. The van der Waals surface area contributed by atoms with Crippen LogP contribution < -0.4 is 5.73 Å². The van der Waals surface area contributed by atoms with Crippen LogP contribution in [0.2, 0.25) is 0 Å². The Balaban J connectivity index is 2.63. The molecule has 0 aromatic carbocycles. The van der Waals surface area contributed by atoms with Gasteiger partial charge < -0.3 is 20.7 Å². The number of carboxylic acids is 1. The standard InChI is InChI=1S/C6H11NO4/c7-6(1-2-11-3-6)4(8)5(9)10/h4,8H,1-3,7H2,(H,9,10). The van der Waals surface area contributed by atoms with Crippen LogP contribution >= 0.6 is 0 Å². The van der Waals surface area contributed by atoms with Crippen molar-refractivity contribution in [3.8, 4) is 0 Å². The van der Waals surface area contributed by atoms with E-state index < -0.39 is 17.6 Å². The monoisotopic (exact) mass is 161 g/mol. The maximum atomic E-state index is 10.3. The Kier molecular flexibility index (Phi) is 2.12. The highest BCUT2D eigenvalue weighted by atomic mass is 16.5. The smallest absolute Gasteiger partial charge is 0.334 e. The quantitative estimate of drug-likeness (QED) is 0.460. The van der Waals surface area contributed by atoms with Crippen LogP contribution in [0.25, 0.3) is 0 Å². The molecule has 1 heterocycles. The summed E-state index contributed by atoms with van der Waals surface area (Å²) in [5.74, 6) is -1.29. The molecule has 0 spiro atoms. The molecule has 4 N–H and O–H groups in total. The van der Waals surface area contributed by atoms with Crippen molar-refractivity contribution in [1.29, 1.82) is 0 Å². The van der Waals surface area contributed by atoms with E-state index in [-0.39, 0.29) is 6.61 Å². The van der Waals surface area contributed by atoms with Gasteiger partial charge in [0, 0.05) is 6.61 Å². The lowest BCUT2D eigenvalue weighted by molar-refractivity contribution is -0.150. The van der Waals surface area contributed by atoms with Gasteiger partial charge in [-0.3, -0.25) is 0 Å².